The summed E-state index contributed by atoms with van der Waals surface area (Å²) in [7, 11) is 1.60. The average molecular weight is 372 g/mol. The number of anilines is 1. The molecule has 5 nitrogen and oxygen atoms in total. The zero-order valence-corrected chi connectivity index (χ0v) is 16.0. The van der Waals surface area contributed by atoms with Crippen molar-refractivity contribution in [2.45, 2.75) is 32.6 Å². The van der Waals surface area contributed by atoms with Crippen molar-refractivity contribution in [2.24, 2.45) is 0 Å². The lowest BCUT2D eigenvalue weighted by Crippen LogP contribution is -2.37. The van der Waals surface area contributed by atoms with Crippen LogP contribution in [-0.2, 0) is 17.6 Å². The number of hydrogen-bond donors (Lipinski definition) is 1. The number of benzene rings is 1. The summed E-state index contributed by atoms with van der Waals surface area (Å²) < 4.78 is 5.11. The molecule has 1 aromatic carbocycles. The normalized spacial score (nSPS) is 13.0. The SMILES string of the molecule is CCN(CC(=O)Nc1ccc(OC)cc1)C(=O)c1cc2c(s1)CCCC2. The number of thiophene rings is 1. The van der Waals surface area contributed by atoms with Crippen LogP contribution < -0.4 is 10.1 Å². The van der Waals surface area contributed by atoms with Crippen molar-refractivity contribution in [3.8, 4) is 5.75 Å². The van der Waals surface area contributed by atoms with Gasteiger partial charge >= 0.3 is 0 Å². The number of likely N-dealkylation sites (N-methyl/N-ethyl adjacent to an activating group) is 1. The van der Waals surface area contributed by atoms with E-state index >= 15 is 0 Å². The van der Waals surface area contributed by atoms with Crippen LogP contribution in [0.25, 0.3) is 0 Å². The van der Waals surface area contributed by atoms with Crippen molar-refractivity contribution in [2.75, 3.05) is 25.5 Å². The van der Waals surface area contributed by atoms with Crippen LogP contribution in [0.4, 0.5) is 5.69 Å². The molecule has 1 aliphatic carbocycles. The first kappa shape index (κ1) is 18.5. The van der Waals surface area contributed by atoms with Gasteiger partial charge < -0.3 is 15.0 Å². The van der Waals surface area contributed by atoms with Crippen molar-refractivity contribution in [1.82, 2.24) is 4.90 Å². The third kappa shape index (κ3) is 4.25. The van der Waals surface area contributed by atoms with E-state index in [2.05, 4.69) is 5.32 Å². The number of nitrogens with zero attached hydrogens (tertiary/aromatic N) is 1. The van der Waals surface area contributed by atoms with Gasteiger partial charge in [0.1, 0.15) is 12.3 Å². The highest BCUT2D eigenvalue weighted by atomic mass is 32.1. The molecule has 138 valence electrons. The second-order valence-corrected chi connectivity index (χ2v) is 7.50. The van der Waals surface area contributed by atoms with Crippen LogP contribution in [-0.4, -0.2) is 36.9 Å². The van der Waals surface area contributed by atoms with E-state index in [9.17, 15) is 9.59 Å². The van der Waals surface area contributed by atoms with Gasteiger partial charge in [-0.05, 0) is 68.5 Å². The molecule has 1 heterocycles. The molecule has 0 bridgehead atoms. The lowest BCUT2D eigenvalue weighted by molar-refractivity contribution is -0.116. The Hall–Kier alpha value is -2.34. The molecule has 1 N–H and O–H groups in total. The maximum Gasteiger partial charge on any atom is 0.264 e. The molecule has 0 saturated heterocycles. The monoisotopic (exact) mass is 372 g/mol. The zero-order valence-electron chi connectivity index (χ0n) is 15.2. The minimum atomic E-state index is -0.202. The molecule has 1 aromatic heterocycles. The minimum absolute atomic E-state index is 0.0456. The van der Waals surface area contributed by atoms with Gasteiger partial charge in [0.2, 0.25) is 5.91 Å². The molecule has 0 radical (unpaired) electrons. The molecular weight excluding hydrogens is 348 g/mol. The number of fused-ring (bicyclic) bond motifs is 1. The van der Waals surface area contributed by atoms with E-state index in [0.29, 0.717) is 12.2 Å². The Morgan fingerprint density at radius 2 is 1.92 bits per heavy atom. The third-order valence-corrected chi connectivity index (χ3v) is 5.81. The molecule has 0 atom stereocenters. The largest absolute Gasteiger partial charge is 0.497 e. The third-order valence-electron chi connectivity index (χ3n) is 4.58. The van der Waals surface area contributed by atoms with Crippen LogP contribution in [0, 0.1) is 0 Å². The van der Waals surface area contributed by atoms with Gasteiger partial charge in [0.15, 0.2) is 0 Å². The standard InChI is InChI=1S/C20H24N2O3S/c1-3-22(13-19(23)21-15-8-10-16(25-2)11-9-15)20(24)18-12-14-6-4-5-7-17(14)26-18/h8-12H,3-7,13H2,1-2H3,(H,21,23). The molecule has 0 spiro atoms. The van der Waals surface area contributed by atoms with Crippen molar-refractivity contribution in [1.29, 1.82) is 0 Å². The van der Waals surface area contributed by atoms with E-state index in [1.54, 1.807) is 47.6 Å². The molecule has 0 unspecified atom stereocenters. The summed E-state index contributed by atoms with van der Waals surface area (Å²) in [5.41, 5.74) is 1.99. The van der Waals surface area contributed by atoms with Crippen LogP contribution in [0.15, 0.2) is 30.3 Å². The Morgan fingerprint density at radius 3 is 2.58 bits per heavy atom. The molecular formula is C20H24N2O3S. The number of nitrogens with one attached hydrogen (secondary N) is 1. The summed E-state index contributed by atoms with van der Waals surface area (Å²) in [5.74, 6) is 0.471. The number of carbonyl (C=O) groups is 2. The van der Waals surface area contributed by atoms with Gasteiger partial charge in [-0.1, -0.05) is 0 Å². The van der Waals surface area contributed by atoms with E-state index in [1.165, 1.54) is 23.3 Å². The number of methoxy groups -OCH3 is 1. The number of carbonyl (C=O) groups excluding carboxylic acids is 2. The summed E-state index contributed by atoms with van der Waals surface area (Å²) >= 11 is 1.59. The average Bonchev–Trinajstić information content (AvgIpc) is 3.10. The fourth-order valence-electron chi connectivity index (χ4n) is 3.13. The molecule has 3 rings (SSSR count). The van der Waals surface area contributed by atoms with Gasteiger partial charge in [-0.2, -0.15) is 0 Å². The zero-order chi connectivity index (χ0) is 18.5. The van der Waals surface area contributed by atoms with E-state index in [4.69, 9.17) is 4.74 Å². The Bertz CT molecular complexity index is 759. The molecule has 2 amide bonds. The van der Waals surface area contributed by atoms with E-state index < -0.39 is 0 Å². The second kappa shape index (κ2) is 8.36. The van der Waals surface area contributed by atoms with Gasteiger partial charge in [-0.15, -0.1) is 11.3 Å². The van der Waals surface area contributed by atoms with Gasteiger partial charge in [0, 0.05) is 17.1 Å². The van der Waals surface area contributed by atoms with Gasteiger partial charge in [-0.25, -0.2) is 0 Å². The van der Waals surface area contributed by atoms with Crippen LogP contribution in [0.3, 0.4) is 0 Å². The topological polar surface area (TPSA) is 58.6 Å². The van der Waals surface area contributed by atoms with Crippen molar-refractivity contribution >= 4 is 28.8 Å². The number of ether oxygens (including phenoxy) is 1. The van der Waals surface area contributed by atoms with E-state index in [1.807, 2.05) is 13.0 Å². The Labute approximate surface area is 158 Å². The number of hydrogen-bond acceptors (Lipinski definition) is 4. The Kier molecular flexibility index (Phi) is 5.93. The lowest BCUT2D eigenvalue weighted by atomic mass is 9.99. The first-order valence-corrected chi connectivity index (χ1v) is 9.77. The van der Waals surface area contributed by atoms with Gasteiger partial charge in [0.25, 0.3) is 5.91 Å². The maximum atomic E-state index is 12.8. The predicted molar refractivity (Wildman–Crippen MR) is 104 cm³/mol. The fourth-order valence-corrected chi connectivity index (χ4v) is 4.35. The Morgan fingerprint density at radius 1 is 1.19 bits per heavy atom. The summed E-state index contributed by atoms with van der Waals surface area (Å²) in [6.07, 6.45) is 4.52. The molecule has 6 heteroatoms. The summed E-state index contributed by atoms with van der Waals surface area (Å²) in [4.78, 5) is 28.8. The van der Waals surface area contributed by atoms with Crippen LogP contribution in [0.2, 0.25) is 0 Å². The molecule has 2 aromatic rings. The fraction of sp³-hybridized carbons (Fsp3) is 0.400. The summed E-state index contributed by atoms with van der Waals surface area (Å²) in [6, 6.07) is 9.15. The first-order chi connectivity index (χ1) is 12.6. The number of amides is 2. The Balaban J connectivity index is 1.63. The van der Waals surface area contributed by atoms with Crippen LogP contribution in [0.5, 0.6) is 5.75 Å². The van der Waals surface area contributed by atoms with Crippen molar-refractivity contribution in [3.63, 3.8) is 0 Å². The highest BCUT2D eigenvalue weighted by Crippen LogP contribution is 2.30. The molecule has 0 aliphatic heterocycles. The minimum Gasteiger partial charge on any atom is -0.497 e. The quantitative estimate of drug-likeness (QED) is 0.840. The summed E-state index contributed by atoms with van der Waals surface area (Å²) in [5, 5.41) is 2.83. The molecule has 26 heavy (non-hydrogen) atoms. The highest BCUT2D eigenvalue weighted by Gasteiger charge is 2.22. The van der Waals surface area contributed by atoms with Crippen molar-refractivity contribution < 1.29 is 14.3 Å². The predicted octanol–water partition coefficient (Wildman–Crippen LogP) is 3.74. The van der Waals surface area contributed by atoms with Gasteiger partial charge in [-0.3, -0.25) is 9.59 Å². The van der Waals surface area contributed by atoms with Crippen LogP contribution >= 0.6 is 11.3 Å². The maximum absolute atomic E-state index is 12.8. The van der Waals surface area contributed by atoms with Crippen molar-refractivity contribution in [3.05, 3.63) is 45.6 Å². The van der Waals surface area contributed by atoms with Gasteiger partial charge in [0.05, 0.1) is 12.0 Å². The van der Waals surface area contributed by atoms with E-state index in [-0.39, 0.29) is 18.4 Å². The summed E-state index contributed by atoms with van der Waals surface area (Å²) in [6.45, 7) is 2.44. The molecule has 1 aliphatic rings. The number of rotatable bonds is 6. The van der Waals surface area contributed by atoms with E-state index in [0.717, 1.165) is 23.5 Å². The first-order valence-electron chi connectivity index (χ1n) is 8.95. The number of aryl methyl sites for hydroxylation is 2. The highest BCUT2D eigenvalue weighted by molar-refractivity contribution is 7.14. The smallest absolute Gasteiger partial charge is 0.264 e. The molecule has 0 saturated carbocycles. The van der Waals surface area contributed by atoms with Crippen LogP contribution in [0.1, 0.15) is 39.9 Å². The lowest BCUT2D eigenvalue weighted by Gasteiger charge is -2.19. The molecule has 0 fully saturated rings. The second-order valence-electron chi connectivity index (χ2n) is 6.36.